The van der Waals surface area contributed by atoms with Crippen molar-refractivity contribution in [3.8, 4) is 0 Å². The number of nitrogens with zero attached hydrogens (tertiary/aromatic N) is 2. The standard InChI is InChI=1S/C28H31F2N3O4S/c1-4-17-31-28(35)21(3)32(18-22-7-5-6-8-26(22)30)27(34)19-33(24-13-9-20(2)10-14-24)38(36,37)25-15-11-23(29)12-16-25/h5-16,21H,4,17-19H2,1-3H3,(H,31,35)/t21-/m0/s1. The summed E-state index contributed by atoms with van der Waals surface area (Å²) in [5.41, 5.74) is 1.27. The van der Waals surface area contributed by atoms with Crippen LogP contribution < -0.4 is 9.62 Å². The second-order valence-electron chi connectivity index (χ2n) is 8.88. The van der Waals surface area contributed by atoms with Crippen molar-refractivity contribution >= 4 is 27.5 Å². The molecular weight excluding hydrogens is 512 g/mol. The zero-order chi connectivity index (χ0) is 27.9. The molecule has 0 radical (unpaired) electrons. The third kappa shape index (κ3) is 6.95. The van der Waals surface area contributed by atoms with Crippen molar-refractivity contribution in [1.82, 2.24) is 10.2 Å². The highest BCUT2D eigenvalue weighted by molar-refractivity contribution is 7.92. The molecule has 10 heteroatoms. The second kappa shape index (κ2) is 12.6. The van der Waals surface area contributed by atoms with Crippen LogP contribution in [0.4, 0.5) is 14.5 Å². The molecule has 0 aliphatic carbocycles. The van der Waals surface area contributed by atoms with Gasteiger partial charge in [0, 0.05) is 18.7 Å². The predicted octanol–water partition coefficient (Wildman–Crippen LogP) is 4.41. The number of carbonyl (C=O) groups excluding carboxylic acids is 2. The Kier molecular flexibility index (Phi) is 9.57. The van der Waals surface area contributed by atoms with Gasteiger partial charge in [-0.25, -0.2) is 17.2 Å². The predicted molar refractivity (Wildman–Crippen MR) is 142 cm³/mol. The van der Waals surface area contributed by atoms with Crippen LogP contribution in [0.1, 0.15) is 31.4 Å². The number of hydrogen-bond donors (Lipinski definition) is 1. The fourth-order valence-electron chi connectivity index (χ4n) is 3.76. The Morgan fingerprint density at radius 3 is 2.18 bits per heavy atom. The Bertz CT molecular complexity index is 1360. The van der Waals surface area contributed by atoms with Gasteiger partial charge < -0.3 is 10.2 Å². The van der Waals surface area contributed by atoms with E-state index in [-0.39, 0.29) is 22.7 Å². The van der Waals surface area contributed by atoms with Crippen molar-refractivity contribution in [3.63, 3.8) is 0 Å². The summed E-state index contributed by atoms with van der Waals surface area (Å²) < 4.78 is 56.2. The molecule has 0 unspecified atom stereocenters. The van der Waals surface area contributed by atoms with Crippen LogP contribution in [0.5, 0.6) is 0 Å². The highest BCUT2D eigenvalue weighted by atomic mass is 32.2. The average molecular weight is 544 g/mol. The molecule has 0 bridgehead atoms. The maximum atomic E-state index is 14.5. The van der Waals surface area contributed by atoms with Crippen molar-refractivity contribution in [2.75, 3.05) is 17.4 Å². The summed E-state index contributed by atoms with van der Waals surface area (Å²) in [6.45, 7) is 4.70. The lowest BCUT2D eigenvalue weighted by atomic mass is 10.1. The molecule has 0 heterocycles. The summed E-state index contributed by atoms with van der Waals surface area (Å²) in [6.07, 6.45) is 0.677. The van der Waals surface area contributed by atoms with E-state index in [4.69, 9.17) is 0 Å². The van der Waals surface area contributed by atoms with E-state index in [0.29, 0.717) is 13.0 Å². The number of halogens is 2. The van der Waals surface area contributed by atoms with E-state index in [2.05, 4.69) is 5.32 Å². The van der Waals surface area contributed by atoms with Crippen LogP contribution in [0, 0.1) is 18.6 Å². The maximum absolute atomic E-state index is 14.5. The van der Waals surface area contributed by atoms with Crippen LogP contribution in [0.15, 0.2) is 77.7 Å². The van der Waals surface area contributed by atoms with Crippen molar-refractivity contribution < 1.29 is 26.8 Å². The van der Waals surface area contributed by atoms with Gasteiger partial charge in [0.1, 0.15) is 24.2 Å². The molecule has 1 atom stereocenters. The first-order valence-electron chi connectivity index (χ1n) is 12.2. The van der Waals surface area contributed by atoms with E-state index in [1.54, 1.807) is 30.3 Å². The van der Waals surface area contributed by atoms with Gasteiger partial charge in [-0.3, -0.25) is 13.9 Å². The Morgan fingerprint density at radius 1 is 0.947 bits per heavy atom. The largest absolute Gasteiger partial charge is 0.354 e. The molecule has 0 aliphatic heterocycles. The molecule has 0 aliphatic rings. The number of carbonyl (C=O) groups is 2. The van der Waals surface area contributed by atoms with Crippen LogP contribution >= 0.6 is 0 Å². The molecule has 3 aromatic carbocycles. The van der Waals surface area contributed by atoms with E-state index in [9.17, 15) is 26.8 Å². The van der Waals surface area contributed by atoms with Gasteiger partial charge in [-0.1, -0.05) is 42.8 Å². The molecule has 202 valence electrons. The van der Waals surface area contributed by atoms with E-state index in [0.717, 1.165) is 39.0 Å². The molecule has 0 saturated carbocycles. The zero-order valence-corrected chi connectivity index (χ0v) is 22.3. The third-order valence-corrected chi connectivity index (χ3v) is 7.81. The topological polar surface area (TPSA) is 86.8 Å². The van der Waals surface area contributed by atoms with Crippen LogP contribution in [0.25, 0.3) is 0 Å². The minimum Gasteiger partial charge on any atom is -0.354 e. The lowest BCUT2D eigenvalue weighted by molar-refractivity contribution is -0.139. The highest BCUT2D eigenvalue weighted by Crippen LogP contribution is 2.25. The molecule has 0 fully saturated rings. The van der Waals surface area contributed by atoms with Crippen LogP contribution in [0.3, 0.4) is 0 Å². The van der Waals surface area contributed by atoms with Gasteiger partial charge in [0.15, 0.2) is 0 Å². The van der Waals surface area contributed by atoms with Crippen LogP contribution in [-0.4, -0.2) is 44.3 Å². The van der Waals surface area contributed by atoms with Gasteiger partial charge in [-0.05, 0) is 62.7 Å². The number of sulfonamides is 1. The molecule has 38 heavy (non-hydrogen) atoms. The molecule has 7 nitrogen and oxygen atoms in total. The number of hydrogen-bond acceptors (Lipinski definition) is 4. The van der Waals surface area contributed by atoms with Crippen molar-refractivity contribution in [2.24, 2.45) is 0 Å². The molecule has 0 saturated heterocycles. The Morgan fingerprint density at radius 2 is 1.58 bits per heavy atom. The number of benzene rings is 3. The zero-order valence-electron chi connectivity index (χ0n) is 21.5. The van der Waals surface area contributed by atoms with E-state index < -0.39 is 46.1 Å². The van der Waals surface area contributed by atoms with E-state index >= 15 is 0 Å². The molecule has 3 rings (SSSR count). The second-order valence-corrected chi connectivity index (χ2v) is 10.7. The lowest BCUT2D eigenvalue weighted by Gasteiger charge is -2.32. The van der Waals surface area contributed by atoms with E-state index in [1.165, 1.54) is 25.1 Å². The number of nitrogens with one attached hydrogen (secondary N) is 1. The van der Waals surface area contributed by atoms with Gasteiger partial charge in [0.2, 0.25) is 11.8 Å². The minimum absolute atomic E-state index is 0.180. The summed E-state index contributed by atoms with van der Waals surface area (Å²) >= 11 is 0. The smallest absolute Gasteiger partial charge is 0.264 e. The average Bonchev–Trinajstić information content (AvgIpc) is 2.90. The van der Waals surface area contributed by atoms with Crippen molar-refractivity contribution in [1.29, 1.82) is 0 Å². The maximum Gasteiger partial charge on any atom is 0.264 e. The van der Waals surface area contributed by atoms with Gasteiger partial charge in [0.05, 0.1) is 10.6 Å². The van der Waals surface area contributed by atoms with Crippen LogP contribution in [-0.2, 0) is 26.2 Å². The third-order valence-electron chi connectivity index (χ3n) is 6.02. The van der Waals surface area contributed by atoms with Crippen LogP contribution in [0.2, 0.25) is 0 Å². The van der Waals surface area contributed by atoms with Gasteiger partial charge >= 0.3 is 0 Å². The number of aryl methyl sites for hydroxylation is 1. The summed E-state index contributed by atoms with van der Waals surface area (Å²) in [5, 5.41) is 2.73. The molecule has 0 spiro atoms. The van der Waals surface area contributed by atoms with Gasteiger partial charge in [-0.15, -0.1) is 0 Å². The summed E-state index contributed by atoms with van der Waals surface area (Å²) in [6, 6.07) is 15.7. The molecular formula is C28H31F2N3O4S. The van der Waals surface area contributed by atoms with Gasteiger partial charge in [-0.2, -0.15) is 0 Å². The fraction of sp³-hybridized carbons (Fsp3) is 0.286. The Labute approximate surface area is 222 Å². The Balaban J connectivity index is 2.02. The molecule has 2 amide bonds. The van der Waals surface area contributed by atoms with Crippen molar-refractivity contribution in [2.45, 2.75) is 44.7 Å². The lowest BCUT2D eigenvalue weighted by Crippen LogP contribution is -2.51. The minimum atomic E-state index is -4.31. The summed E-state index contributed by atoms with van der Waals surface area (Å²) in [5.74, 6) is -2.32. The molecule has 1 N–H and O–H groups in total. The normalized spacial score (nSPS) is 12.0. The number of anilines is 1. The monoisotopic (exact) mass is 543 g/mol. The highest BCUT2D eigenvalue weighted by Gasteiger charge is 2.32. The first-order chi connectivity index (χ1) is 18.0. The molecule has 0 aromatic heterocycles. The quantitative estimate of drug-likeness (QED) is 0.388. The molecule has 3 aromatic rings. The van der Waals surface area contributed by atoms with Crippen molar-refractivity contribution in [3.05, 3.63) is 95.6 Å². The summed E-state index contributed by atoms with van der Waals surface area (Å²) in [4.78, 5) is 27.5. The van der Waals surface area contributed by atoms with Gasteiger partial charge in [0.25, 0.3) is 10.0 Å². The Hall–Kier alpha value is -3.79. The van der Waals surface area contributed by atoms with E-state index in [1.807, 2.05) is 13.8 Å². The first-order valence-corrected chi connectivity index (χ1v) is 13.6. The number of amides is 2. The first kappa shape index (κ1) is 28.8. The summed E-state index contributed by atoms with van der Waals surface area (Å²) in [7, 11) is -4.31. The fourth-order valence-corrected chi connectivity index (χ4v) is 5.18. The SMILES string of the molecule is CCCNC(=O)[C@H](C)N(Cc1ccccc1F)C(=O)CN(c1ccc(C)cc1)S(=O)(=O)c1ccc(F)cc1. The number of rotatable bonds is 11.